The van der Waals surface area contributed by atoms with E-state index in [2.05, 4.69) is 5.32 Å². The van der Waals surface area contributed by atoms with E-state index >= 15 is 0 Å². The van der Waals surface area contributed by atoms with E-state index in [0.717, 1.165) is 5.56 Å². The highest BCUT2D eigenvalue weighted by molar-refractivity contribution is 5.95. The molecule has 1 unspecified atom stereocenters. The lowest BCUT2D eigenvalue weighted by Crippen LogP contribution is -2.41. The molecule has 5 nitrogen and oxygen atoms in total. The smallest absolute Gasteiger partial charge is 0.251 e. The average molecular weight is 280 g/mol. The lowest BCUT2D eigenvalue weighted by Gasteiger charge is -2.23. The number of nitrogens with two attached hydrogens (primary N) is 1. The SMILES string of the molecule is COCCC(C)(O)CNC(=O)c1ccccc1CCN. The molecule has 5 heteroatoms. The summed E-state index contributed by atoms with van der Waals surface area (Å²) in [5.74, 6) is -0.188. The van der Waals surface area contributed by atoms with Crippen molar-refractivity contribution in [3.8, 4) is 0 Å². The summed E-state index contributed by atoms with van der Waals surface area (Å²) >= 11 is 0. The maximum Gasteiger partial charge on any atom is 0.251 e. The van der Waals surface area contributed by atoms with Gasteiger partial charge in [-0.1, -0.05) is 18.2 Å². The van der Waals surface area contributed by atoms with Crippen molar-refractivity contribution in [2.45, 2.75) is 25.4 Å². The Morgan fingerprint density at radius 2 is 2.15 bits per heavy atom. The van der Waals surface area contributed by atoms with Gasteiger partial charge in [0.05, 0.1) is 5.60 Å². The molecule has 0 saturated carbocycles. The zero-order chi connectivity index (χ0) is 15.0. The van der Waals surface area contributed by atoms with Crippen molar-refractivity contribution in [3.63, 3.8) is 0 Å². The van der Waals surface area contributed by atoms with E-state index in [1.807, 2.05) is 18.2 Å². The fourth-order valence-electron chi connectivity index (χ4n) is 1.89. The summed E-state index contributed by atoms with van der Waals surface area (Å²) in [6.07, 6.45) is 1.12. The molecule has 0 heterocycles. The van der Waals surface area contributed by atoms with Crippen LogP contribution in [0, 0.1) is 0 Å². The van der Waals surface area contributed by atoms with Crippen LogP contribution in [0.2, 0.25) is 0 Å². The first kappa shape index (κ1) is 16.6. The van der Waals surface area contributed by atoms with E-state index in [4.69, 9.17) is 10.5 Å². The van der Waals surface area contributed by atoms with E-state index in [1.54, 1.807) is 20.1 Å². The monoisotopic (exact) mass is 280 g/mol. The molecular formula is C15H24N2O3. The maximum atomic E-state index is 12.2. The Morgan fingerprint density at radius 1 is 1.45 bits per heavy atom. The minimum Gasteiger partial charge on any atom is -0.388 e. The van der Waals surface area contributed by atoms with Crippen molar-refractivity contribution in [3.05, 3.63) is 35.4 Å². The quantitative estimate of drug-likeness (QED) is 0.654. The molecule has 0 aliphatic carbocycles. The lowest BCUT2D eigenvalue weighted by atomic mass is 10.0. The number of aliphatic hydroxyl groups is 1. The highest BCUT2D eigenvalue weighted by Gasteiger charge is 2.21. The first-order valence-electron chi connectivity index (χ1n) is 6.77. The first-order chi connectivity index (χ1) is 9.50. The zero-order valence-electron chi connectivity index (χ0n) is 12.2. The molecule has 1 amide bonds. The molecule has 20 heavy (non-hydrogen) atoms. The fraction of sp³-hybridized carbons (Fsp3) is 0.533. The summed E-state index contributed by atoms with van der Waals surface area (Å²) in [6, 6.07) is 7.36. The predicted octanol–water partition coefficient (Wildman–Crippen LogP) is 0.705. The normalized spacial score (nSPS) is 13.8. The second-order valence-corrected chi connectivity index (χ2v) is 5.12. The number of benzene rings is 1. The van der Waals surface area contributed by atoms with E-state index in [9.17, 15) is 9.90 Å². The van der Waals surface area contributed by atoms with Crippen LogP contribution in [0.4, 0.5) is 0 Å². The minimum atomic E-state index is -0.978. The Kier molecular flexibility index (Phi) is 6.64. The summed E-state index contributed by atoms with van der Waals surface area (Å²) in [5, 5.41) is 12.9. The first-order valence-corrected chi connectivity index (χ1v) is 6.77. The standard InChI is InChI=1S/C15H24N2O3/c1-15(19,8-10-20-2)11-17-14(18)13-6-4-3-5-12(13)7-9-16/h3-6,19H,7-11,16H2,1-2H3,(H,17,18). The highest BCUT2D eigenvalue weighted by Crippen LogP contribution is 2.11. The van der Waals surface area contributed by atoms with Gasteiger partial charge in [0, 0.05) is 32.2 Å². The topological polar surface area (TPSA) is 84.6 Å². The summed E-state index contributed by atoms with van der Waals surface area (Å²) in [7, 11) is 1.58. The van der Waals surface area contributed by atoms with Crippen LogP contribution in [0.25, 0.3) is 0 Å². The van der Waals surface area contributed by atoms with Crippen LogP contribution in [0.1, 0.15) is 29.3 Å². The molecule has 1 aromatic carbocycles. The Balaban J connectivity index is 2.63. The van der Waals surface area contributed by atoms with Crippen LogP contribution in [0.5, 0.6) is 0 Å². The number of carbonyl (C=O) groups is 1. The fourth-order valence-corrected chi connectivity index (χ4v) is 1.89. The number of ether oxygens (including phenoxy) is 1. The van der Waals surface area contributed by atoms with Crippen LogP contribution in [0.15, 0.2) is 24.3 Å². The molecule has 1 atom stereocenters. The van der Waals surface area contributed by atoms with Gasteiger partial charge in [-0.15, -0.1) is 0 Å². The molecule has 0 aliphatic rings. The van der Waals surface area contributed by atoms with Gasteiger partial charge in [-0.05, 0) is 31.5 Å². The molecule has 1 rings (SSSR count). The van der Waals surface area contributed by atoms with Crippen molar-refractivity contribution in [2.75, 3.05) is 26.8 Å². The number of carbonyl (C=O) groups excluding carboxylic acids is 1. The van der Waals surface area contributed by atoms with Crippen molar-refractivity contribution >= 4 is 5.91 Å². The van der Waals surface area contributed by atoms with Crippen molar-refractivity contribution in [2.24, 2.45) is 5.73 Å². The number of nitrogens with one attached hydrogen (secondary N) is 1. The zero-order valence-corrected chi connectivity index (χ0v) is 12.2. The van der Waals surface area contributed by atoms with Gasteiger partial charge in [0.25, 0.3) is 5.91 Å². The Bertz CT molecular complexity index is 433. The third-order valence-corrected chi connectivity index (χ3v) is 3.15. The molecule has 112 valence electrons. The molecule has 4 N–H and O–H groups in total. The van der Waals surface area contributed by atoms with E-state index in [1.165, 1.54) is 0 Å². The average Bonchev–Trinajstić information content (AvgIpc) is 2.44. The van der Waals surface area contributed by atoms with Crippen molar-refractivity contribution in [1.82, 2.24) is 5.32 Å². The molecule has 0 aliphatic heterocycles. The van der Waals surface area contributed by atoms with Gasteiger partial charge in [-0.2, -0.15) is 0 Å². The van der Waals surface area contributed by atoms with Gasteiger partial charge < -0.3 is 20.9 Å². The van der Waals surface area contributed by atoms with E-state index in [-0.39, 0.29) is 12.5 Å². The van der Waals surface area contributed by atoms with Crippen LogP contribution < -0.4 is 11.1 Å². The van der Waals surface area contributed by atoms with Gasteiger partial charge in [0.2, 0.25) is 0 Å². The maximum absolute atomic E-state index is 12.2. The van der Waals surface area contributed by atoms with E-state index in [0.29, 0.717) is 31.6 Å². The second-order valence-electron chi connectivity index (χ2n) is 5.12. The van der Waals surface area contributed by atoms with Crippen LogP contribution in [0.3, 0.4) is 0 Å². The molecule has 0 saturated heterocycles. The minimum absolute atomic E-state index is 0.187. The van der Waals surface area contributed by atoms with Crippen LogP contribution in [-0.4, -0.2) is 43.4 Å². The molecule has 0 radical (unpaired) electrons. The largest absolute Gasteiger partial charge is 0.388 e. The van der Waals surface area contributed by atoms with Gasteiger partial charge in [-0.3, -0.25) is 4.79 Å². The second kappa shape index (κ2) is 7.99. The molecule has 0 fully saturated rings. The Labute approximate surface area is 120 Å². The molecule has 1 aromatic rings. The molecule has 0 aromatic heterocycles. The molecular weight excluding hydrogens is 256 g/mol. The van der Waals surface area contributed by atoms with Gasteiger partial charge in [-0.25, -0.2) is 0 Å². The van der Waals surface area contributed by atoms with Gasteiger partial charge in [0.1, 0.15) is 0 Å². The summed E-state index contributed by atoms with van der Waals surface area (Å²) < 4.78 is 4.93. The third-order valence-electron chi connectivity index (χ3n) is 3.15. The summed E-state index contributed by atoms with van der Waals surface area (Å²) in [5.41, 5.74) is 6.10. The summed E-state index contributed by atoms with van der Waals surface area (Å²) in [4.78, 5) is 12.2. The van der Waals surface area contributed by atoms with Crippen LogP contribution >= 0.6 is 0 Å². The Hall–Kier alpha value is -1.43. The van der Waals surface area contributed by atoms with Crippen LogP contribution in [-0.2, 0) is 11.2 Å². The van der Waals surface area contributed by atoms with E-state index < -0.39 is 5.60 Å². The highest BCUT2D eigenvalue weighted by atomic mass is 16.5. The van der Waals surface area contributed by atoms with Crippen molar-refractivity contribution in [1.29, 1.82) is 0 Å². The number of hydrogen-bond donors (Lipinski definition) is 3. The number of hydrogen-bond acceptors (Lipinski definition) is 4. The third kappa shape index (κ3) is 5.28. The lowest BCUT2D eigenvalue weighted by molar-refractivity contribution is 0.0243. The number of methoxy groups -OCH3 is 1. The van der Waals surface area contributed by atoms with Gasteiger partial charge in [0.15, 0.2) is 0 Å². The summed E-state index contributed by atoms with van der Waals surface area (Å²) in [6.45, 7) is 2.81. The number of amides is 1. The predicted molar refractivity (Wildman–Crippen MR) is 78.7 cm³/mol. The van der Waals surface area contributed by atoms with Gasteiger partial charge >= 0.3 is 0 Å². The number of rotatable bonds is 8. The molecule has 0 spiro atoms. The Morgan fingerprint density at radius 3 is 2.80 bits per heavy atom. The van der Waals surface area contributed by atoms with Crippen molar-refractivity contribution < 1.29 is 14.6 Å². The molecule has 0 bridgehead atoms.